The Bertz CT molecular complexity index is 136. The molecule has 2 N–H and O–H groups in total. The minimum Gasteiger partial charge on any atom is -0.327 e. The third-order valence-corrected chi connectivity index (χ3v) is 3.63. The standard InChI is InChI=1S/C10H19N.C2H6.H2/c11-10-7-3-5-8-4-1-2-6-9(8)10;1-2;/h8-10H,1-7,11H2;1-2H3;1H. The first-order valence-electron chi connectivity index (χ1n) is 6.13. The van der Waals surface area contributed by atoms with Crippen molar-refractivity contribution in [3.05, 3.63) is 0 Å². The lowest BCUT2D eigenvalue weighted by Crippen LogP contribution is -2.40. The summed E-state index contributed by atoms with van der Waals surface area (Å²) in [6.45, 7) is 4.00. The molecule has 0 aromatic heterocycles. The Balaban J connectivity index is 0.000000531. The van der Waals surface area contributed by atoms with Crippen molar-refractivity contribution < 1.29 is 1.43 Å². The molecule has 0 amide bonds. The van der Waals surface area contributed by atoms with Gasteiger partial charge in [0.1, 0.15) is 0 Å². The molecule has 2 aliphatic carbocycles. The van der Waals surface area contributed by atoms with Gasteiger partial charge in [-0.2, -0.15) is 0 Å². The first kappa shape index (κ1) is 11.0. The Kier molecular flexibility index (Phi) is 4.79. The number of nitrogens with two attached hydrogens (primary N) is 1. The molecule has 0 saturated heterocycles. The fraction of sp³-hybridized carbons (Fsp3) is 1.00. The number of fused-ring (bicyclic) bond motifs is 1. The van der Waals surface area contributed by atoms with E-state index < -0.39 is 0 Å². The first-order valence-corrected chi connectivity index (χ1v) is 6.13. The molecule has 0 bridgehead atoms. The summed E-state index contributed by atoms with van der Waals surface area (Å²) in [5.41, 5.74) is 6.09. The summed E-state index contributed by atoms with van der Waals surface area (Å²) in [5.74, 6) is 1.91. The van der Waals surface area contributed by atoms with Gasteiger partial charge in [-0.3, -0.25) is 0 Å². The van der Waals surface area contributed by atoms with Crippen molar-refractivity contribution >= 4 is 0 Å². The highest BCUT2D eigenvalue weighted by Gasteiger charge is 2.32. The van der Waals surface area contributed by atoms with Crippen LogP contribution in [0, 0.1) is 11.8 Å². The van der Waals surface area contributed by atoms with Gasteiger partial charge in [-0.25, -0.2) is 0 Å². The zero-order valence-electron chi connectivity index (χ0n) is 9.26. The van der Waals surface area contributed by atoms with Crippen LogP contribution in [-0.2, 0) is 0 Å². The van der Waals surface area contributed by atoms with E-state index in [1.165, 1.54) is 44.9 Å². The quantitative estimate of drug-likeness (QED) is 0.613. The molecule has 0 spiro atoms. The van der Waals surface area contributed by atoms with Crippen molar-refractivity contribution in [3.63, 3.8) is 0 Å². The Labute approximate surface area is 84.6 Å². The molecule has 13 heavy (non-hydrogen) atoms. The first-order chi connectivity index (χ1) is 6.38. The molecule has 2 aliphatic rings. The van der Waals surface area contributed by atoms with E-state index in [9.17, 15) is 0 Å². The number of rotatable bonds is 0. The maximum absolute atomic E-state index is 6.09. The molecule has 2 saturated carbocycles. The van der Waals surface area contributed by atoms with E-state index in [0.717, 1.165) is 11.8 Å². The largest absolute Gasteiger partial charge is 0.327 e. The third kappa shape index (κ3) is 2.70. The predicted octanol–water partition coefficient (Wildman–Crippen LogP) is 3.58. The topological polar surface area (TPSA) is 26.0 Å². The van der Waals surface area contributed by atoms with Gasteiger partial charge in [0.05, 0.1) is 0 Å². The average molecular weight is 185 g/mol. The zero-order valence-corrected chi connectivity index (χ0v) is 9.26. The van der Waals surface area contributed by atoms with Crippen molar-refractivity contribution in [2.45, 2.75) is 64.8 Å². The van der Waals surface area contributed by atoms with Gasteiger partial charge in [0, 0.05) is 7.47 Å². The van der Waals surface area contributed by atoms with E-state index in [1.807, 2.05) is 13.8 Å². The van der Waals surface area contributed by atoms with Gasteiger partial charge >= 0.3 is 0 Å². The Morgan fingerprint density at radius 1 is 0.923 bits per heavy atom. The second-order valence-electron chi connectivity index (χ2n) is 4.30. The van der Waals surface area contributed by atoms with E-state index in [1.54, 1.807) is 0 Å². The van der Waals surface area contributed by atoms with Crippen LogP contribution in [-0.4, -0.2) is 6.04 Å². The van der Waals surface area contributed by atoms with Gasteiger partial charge in [-0.1, -0.05) is 46.0 Å². The SMILES string of the molecule is CC.NC1CCCC2CCCCC12.[HH]. The zero-order chi connectivity index (χ0) is 9.68. The molecule has 2 rings (SSSR count). The molecule has 0 aliphatic heterocycles. The Morgan fingerprint density at radius 2 is 1.54 bits per heavy atom. The molecule has 80 valence electrons. The van der Waals surface area contributed by atoms with E-state index in [4.69, 9.17) is 5.73 Å². The Morgan fingerprint density at radius 3 is 2.23 bits per heavy atom. The minimum absolute atomic E-state index is 0. The predicted molar refractivity (Wildman–Crippen MR) is 60.7 cm³/mol. The van der Waals surface area contributed by atoms with Gasteiger partial charge < -0.3 is 5.73 Å². The number of hydrogen-bond donors (Lipinski definition) is 1. The van der Waals surface area contributed by atoms with Crippen LogP contribution in [0.4, 0.5) is 0 Å². The fourth-order valence-electron chi connectivity index (χ4n) is 2.99. The van der Waals surface area contributed by atoms with Crippen LogP contribution in [0.5, 0.6) is 0 Å². The lowest BCUT2D eigenvalue weighted by atomic mass is 9.69. The van der Waals surface area contributed by atoms with Crippen molar-refractivity contribution in [3.8, 4) is 0 Å². The van der Waals surface area contributed by atoms with Crippen LogP contribution in [0.15, 0.2) is 0 Å². The minimum atomic E-state index is 0. The normalized spacial score (nSPS) is 38.5. The molecular weight excluding hydrogens is 158 g/mol. The summed E-state index contributed by atoms with van der Waals surface area (Å²) >= 11 is 0. The van der Waals surface area contributed by atoms with Crippen molar-refractivity contribution in [1.29, 1.82) is 0 Å². The van der Waals surface area contributed by atoms with E-state index in [-0.39, 0.29) is 1.43 Å². The van der Waals surface area contributed by atoms with E-state index >= 15 is 0 Å². The third-order valence-electron chi connectivity index (χ3n) is 3.63. The summed E-state index contributed by atoms with van der Waals surface area (Å²) in [7, 11) is 0. The summed E-state index contributed by atoms with van der Waals surface area (Å²) in [6, 6.07) is 0.550. The average Bonchev–Trinajstić information content (AvgIpc) is 2.22. The molecule has 1 heteroatoms. The van der Waals surface area contributed by atoms with Gasteiger partial charge in [-0.05, 0) is 24.7 Å². The Hall–Kier alpha value is -0.0400. The van der Waals surface area contributed by atoms with Gasteiger partial charge in [-0.15, -0.1) is 0 Å². The van der Waals surface area contributed by atoms with Crippen LogP contribution in [0.25, 0.3) is 0 Å². The molecular formula is C12H27N. The summed E-state index contributed by atoms with van der Waals surface area (Å²) in [5, 5.41) is 0. The van der Waals surface area contributed by atoms with Crippen LogP contribution < -0.4 is 5.73 Å². The lowest BCUT2D eigenvalue weighted by molar-refractivity contribution is 0.146. The molecule has 1 nitrogen and oxygen atoms in total. The van der Waals surface area contributed by atoms with Gasteiger partial charge in [0.15, 0.2) is 0 Å². The molecule has 0 aromatic carbocycles. The maximum Gasteiger partial charge on any atom is 0.00698 e. The van der Waals surface area contributed by atoms with Crippen LogP contribution >= 0.6 is 0 Å². The van der Waals surface area contributed by atoms with Crippen LogP contribution in [0.3, 0.4) is 0 Å². The van der Waals surface area contributed by atoms with Crippen LogP contribution in [0.1, 0.15) is 60.2 Å². The molecule has 0 aromatic rings. The molecule has 3 unspecified atom stereocenters. The van der Waals surface area contributed by atoms with Crippen molar-refractivity contribution in [1.82, 2.24) is 0 Å². The number of hydrogen-bond acceptors (Lipinski definition) is 1. The second kappa shape index (κ2) is 5.64. The fourth-order valence-corrected chi connectivity index (χ4v) is 2.99. The maximum atomic E-state index is 6.09. The molecule has 0 heterocycles. The second-order valence-corrected chi connectivity index (χ2v) is 4.30. The summed E-state index contributed by atoms with van der Waals surface area (Å²) < 4.78 is 0. The van der Waals surface area contributed by atoms with Gasteiger partial charge in [0.2, 0.25) is 0 Å². The molecule has 2 fully saturated rings. The lowest BCUT2D eigenvalue weighted by Gasteiger charge is -2.39. The van der Waals surface area contributed by atoms with Crippen molar-refractivity contribution in [2.75, 3.05) is 0 Å². The van der Waals surface area contributed by atoms with E-state index in [2.05, 4.69) is 0 Å². The van der Waals surface area contributed by atoms with Crippen molar-refractivity contribution in [2.24, 2.45) is 17.6 Å². The van der Waals surface area contributed by atoms with Gasteiger partial charge in [0.25, 0.3) is 0 Å². The smallest absolute Gasteiger partial charge is 0.00698 e. The van der Waals surface area contributed by atoms with E-state index in [0.29, 0.717) is 6.04 Å². The van der Waals surface area contributed by atoms with Crippen LogP contribution in [0.2, 0.25) is 0 Å². The summed E-state index contributed by atoms with van der Waals surface area (Å²) in [6.07, 6.45) is 9.95. The molecule has 3 atom stereocenters. The highest BCUT2D eigenvalue weighted by Crippen LogP contribution is 2.39. The highest BCUT2D eigenvalue weighted by atomic mass is 14.7. The summed E-state index contributed by atoms with van der Waals surface area (Å²) in [4.78, 5) is 0. The molecule has 0 radical (unpaired) electrons. The highest BCUT2D eigenvalue weighted by molar-refractivity contribution is 4.86. The monoisotopic (exact) mass is 185 g/mol.